The lowest BCUT2D eigenvalue weighted by atomic mass is 10.1. The summed E-state index contributed by atoms with van der Waals surface area (Å²) in [4.78, 5) is 15.7. The summed E-state index contributed by atoms with van der Waals surface area (Å²) >= 11 is 0. The van der Waals surface area contributed by atoms with Gasteiger partial charge in [0.25, 0.3) is 0 Å². The van der Waals surface area contributed by atoms with E-state index in [1.165, 1.54) is 9.87 Å². The molecule has 3 rings (SSSR count). The van der Waals surface area contributed by atoms with E-state index < -0.39 is 16.1 Å². The van der Waals surface area contributed by atoms with Crippen molar-refractivity contribution in [2.24, 2.45) is 0 Å². The molecule has 2 N–H and O–H groups in total. The zero-order valence-corrected chi connectivity index (χ0v) is 15.0. The normalized spacial score (nSPS) is 19.0. The maximum absolute atomic E-state index is 12.4. The van der Waals surface area contributed by atoms with Gasteiger partial charge in [0.15, 0.2) is 0 Å². The molecule has 1 fully saturated rings. The van der Waals surface area contributed by atoms with E-state index in [1.54, 1.807) is 0 Å². The highest BCUT2D eigenvalue weighted by Gasteiger charge is 2.36. The van der Waals surface area contributed by atoms with Crippen molar-refractivity contribution in [2.75, 3.05) is 12.8 Å². The van der Waals surface area contributed by atoms with Crippen molar-refractivity contribution in [1.82, 2.24) is 14.6 Å². The predicted octanol–water partition coefficient (Wildman–Crippen LogP) is 1.82. The van der Waals surface area contributed by atoms with Gasteiger partial charge in [-0.2, -0.15) is 4.31 Å². The highest BCUT2D eigenvalue weighted by molar-refractivity contribution is 7.88. The Morgan fingerprint density at radius 1 is 1.38 bits per heavy atom. The maximum Gasteiger partial charge on any atom is 0.238 e. The van der Waals surface area contributed by atoms with Crippen molar-refractivity contribution < 1.29 is 13.2 Å². The number of aromatic nitrogens is 1. The summed E-state index contributed by atoms with van der Waals surface area (Å²) in [5, 5.41) is 4.03. The highest BCUT2D eigenvalue weighted by Crippen LogP contribution is 2.23. The fourth-order valence-corrected chi connectivity index (χ4v) is 4.45. The van der Waals surface area contributed by atoms with E-state index >= 15 is 0 Å². The molecule has 1 aliphatic rings. The molecule has 0 bridgehead atoms. The first-order valence-electron chi connectivity index (χ1n) is 8.09. The number of sulfonamides is 1. The third kappa shape index (κ3) is 3.18. The van der Waals surface area contributed by atoms with Crippen LogP contribution in [-0.2, 0) is 21.4 Å². The lowest BCUT2D eigenvalue weighted by Crippen LogP contribution is -2.45. The number of carbonyl (C=O) groups excluding carboxylic acids is 1. The molecule has 1 amide bonds. The summed E-state index contributed by atoms with van der Waals surface area (Å²) < 4.78 is 24.8. The molecule has 1 atom stereocenters. The van der Waals surface area contributed by atoms with Crippen LogP contribution in [0.2, 0.25) is 0 Å². The minimum atomic E-state index is -3.34. The third-order valence-corrected chi connectivity index (χ3v) is 6.06. The molecule has 6 nitrogen and oxygen atoms in total. The molecular weight excluding hydrogens is 326 g/mol. The van der Waals surface area contributed by atoms with E-state index in [-0.39, 0.29) is 5.91 Å². The third-order valence-electron chi connectivity index (χ3n) is 4.77. The van der Waals surface area contributed by atoms with Crippen molar-refractivity contribution in [3.05, 3.63) is 35.0 Å². The second kappa shape index (κ2) is 6.22. The van der Waals surface area contributed by atoms with Crippen LogP contribution in [0.5, 0.6) is 0 Å². The monoisotopic (exact) mass is 349 g/mol. The number of benzene rings is 1. The zero-order chi connectivity index (χ0) is 17.5. The van der Waals surface area contributed by atoms with Gasteiger partial charge in [-0.25, -0.2) is 8.42 Å². The number of rotatable bonds is 4. The van der Waals surface area contributed by atoms with Crippen LogP contribution in [0.15, 0.2) is 18.2 Å². The zero-order valence-electron chi connectivity index (χ0n) is 14.2. The number of carbonyl (C=O) groups is 1. The van der Waals surface area contributed by atoms with Crippen LogP contribution >= 0.6 is 0 Å². The van der Waals surface area contributed by atoms with E-state index in [1.807, 2.05) is 19.1 Å². The van der Waals surface area contributed by atoms with Crippen LogP contribution in [0.4, 0.5) is 0 Å². The van der Waals surface area contributed by atoms with E-state index in [2.05, 4.69) is 23.3 Å². The molecule has 0 aliphatic carbocycles. The topological polar surface area (TPSA) is 82.3 Å². The predicted molar refractivity (Wildman–Crippen MR) is 94.2 cm³/mol. The van der Waals surface area contributed by atoms with Gasteiger partial charge in [0, 0.05) is 29.7 Å². The summed E-state index contributed by atoms with van der Waals surface area (Å²) in [7, 11) is -3.34. The number of nitrogens with zero attached hydrogens (tertiary/aromatic N) is 1. The van der Waals surface area contributed by atoms with Gasteiger partial charge in [-0.05, 0) is 49.9 Å². The minimum Gasteiger partial charge on any atom is -0.358 e. The molecule has 2 aromatic rings. The Labute approximate surface area is 142 Å². The smallest absolute Gasteiger partial charge is 0.238 e. The van der Waals surface area contributed by atoms with Crippen molar-refractivity contribution >= 4 is 26.8 Å². The average Bonchev–Trinajstić information content (AvgIpc) is 3.11. The summed E-state index contributed by atoms with van der Waals surface area (Å²) in [6.45, 7) is 4.92. The summed E-state index contributed by atoms with van der Waals surface area (Å²) in [6.07, 6.45) is 2.45. The number of H-pyrrole nitrogens is 1. The van der Waals surface area contributed by atoms with Gasteiger partial charge in [0.05, 0.1) is 6.26 Å². The quantitative estimate of drug-likeness (QED) is 0.883. The Morgan fingerprint density at radius 3 is 2.83 bits per heavy atom. The Kier molecular flexibility index (Phi) is 4.40. The van der Waals surface area contributed by atoms with Gasteiger partial charge < -0.3 is 10.3 Å². The number of fused-ring (bicyclic) bond motifs is 1. The first-order valence-corrected chi connectivity index (χ1v) is 9.94. The van der Waals surface area contributed by atoms with Gasteiger partial charge in [-0.1, -0.05) is 6.07 Å². The fraction of sp³-hybridized carbons (Fsp3) is 0.471. The number of hydrogen-bond acceptors (Lipinski definition) is 3. The van der Waals surface area contributed by atoms with Crippen LogP contribution in [0, 0.1) is 13.8 Å². The SMILES string of the molecule is Cc1[nH]c2ccc(CNC(=O)[C@H]3CCCN3S(C)(=O)=O)cc2c1C. The molecule has 2 heterocycles. The first kappa shape index (κ1) is 17.0. The summed E-state index contributed by atoms with van der Waals surface area (Å²) in [6, 6.07) is 5.47. The van der Waals surface area contributed by atoms with Gasteiger partial charge in [0.2, 0.25) is 15.9 Å². The summed E-state index contributed by atoms with van der Waals surface area (Å²) in [5.74, 6) is -0.222. The molecule has 7 heteroatoms. The van der Waals surface area contributed by atoms with Crippen LogP contribution in [0.25, 0.3) is 10.9 Å². The second-order valence-corrected chi connectivity index (χ2v) is 8.44. The molecule has 0 saturated carbocycles. The number of aromatic amines is 1. The van der Waals surface area contributed by atoms with Crippen LogP contribution in [0.3, 0.4) is 0 Å². The lowest BCUT2D eigenvalue weighted by Gasteiger charge is -2.21. The molecule has 1 aromatic heterocycles. The molecular formula is C17H23N3O3S. The van der Waals surface area contributed by atoms with E-state index in [9.17, 15) is 13.2 Å². The number of nitrogens with one attached hydrogen (secondary N) is 2. The lowest BCUT2D eigenvalue weighted by molar-refractivity contribution is -0.124. The van der Waals surface area contributed by atoms with Crippen molar-refractivity contribution in [1.29, 1.82) is 0 Å². The van der Waals surface area contributed by atoms with Crippen LogP contribution in [-0.4, -0.2) is 42.5 Å². The largest absolute Gasteiger partial charge is 0.358 e. The molecule has 24 heavy (non-hydrogen) atoms. The van der Waals surface area contributed by atoms with Gasteiger partial charge >= 0.3 is 0 Å². The van der Waals surface area contributed by atoms with Gasteiger partial charge in [-0.3, -0.25) is 4.79 Å². The van der Waals surface area contributed by atoms with E-state index in [0.29, 0.717) is 19.5 Å². The standard InChI is InChI=1S/C17H23N3O3S/c1-11-12(2)19-15-7-6-13(9-14(11)15)10-18-17(21)16-5-4-8-20(16)24(3,22)23/h6-7,9,16,19H,4-5,8,10H2,1-3H3,(H,18,21)/t16-/m1/s1. The Morgan fingerprint density at radius 2 is 2.12 bits per heavy atom. The van der Waals surface area contributed by atoms with E-state index in [4.69, 9.17) is 0 Å². The molecule has 0 spiro atoms. The first-order chi connectivity index (χ1) is 11.3. The molecule has 0 radical (unpaired) electrons. The molecule has 0 unspecified atom stereocenters. The van der Waals surface area contributed by atoms with Gasteiger partial charge in [-0.15, -0.1) is 0 Å². The van der Waals surface area contributed by atoms with Crippen molar-refractivity contribution in [2.45, 2.75) is 39.3 Å². The molecule has 1 aliphatic heterocycles. The Balaban J connectivity index is 1.71. The molecule has 1 aromatic carbocycles. The van der Waals surface area contributed by atoms with Crippen LogP contribution in [0.1, 0.15) is 29.7 Å². The maximum atomic E-state index is 12.4. The highest BCUT2D eigenvalue weighted by atomic mass is 32.2. The Hall–Kier alpha value is -1.86. The second-order valence-electron chi connectivity index (χ2n) is 6.50. The van der Waals surface area contributed by atoms with Crippen molar-refractivity contribution in [3.8, 4) is 0 Å². The average molecular weight is 349 g/mol. The Bertz CT molecular complexity index is 886. The van der Waals surface area contributed by atoms with Gasteiger partial charge in [0.1, 0.15) is 6.04 Å². The molecule has 130 valence electrons. The van der Waals surface area contributed by atoms with Crippen LogP contribution < -0.4 is 5.32 Å². The summed E-state index contributed by atoms with van der Waals surface area (Å²) in [5.41, 5.74) is 4.43. The number of aryl methyl sites for hydroxylation is 2. The number of hydrogen-bond donors (Lipinski definition) is 2. The molecule has 1 saturated heterocycles. The number of amides is 1. The van der Waals surface area contributed by atoms with Crippen molar-refractivity contribution in [3.63, 3.8) is 0 Å². The minimum absolute atomic E-state index is 0.222. The fourth-order valence-electron chi connectivity index (χ4n) is 3.32. The van der Waals surface area contributed by atoms with E-state index in [0.717, 1.165) is 34.8 Å².